The fourth-order valence-electron chi connectivity index (χ4n) is 2.50. The van der Waals surface area contributed by atoms with Gasteiger partial charge < -0.3 is 15.4 Å². The van der Waals surface area contributed by atoms with E-state index in [4.69, 9.17) is 10.5 Å². The monoisotopic (exact) mass is 291 g/mol. The van der Waals surface area contributed by atoms with E-state index in [1.807, 2.05) is 18.2 Å². The molecule has 0 unspecified atom stereocenters. The van der Waals surface area contributed by atoms with Crippen LogP contribution in [0.1, 0.15) is 13.8 Å². The van der Waals surface area contributed by atoms with Gasteiger partial charge in [-0.25, -0.2) is 4.79 Å². The number of benzene rings is 1. The Balaban J connectivity index is 2.12. The van der Waals surface area contributed by atoms with Crippen molar-refractivity contribution in [2.45, 2.75) is 13.8 Å². The largest absolute Gasteiger partial charge is 0.469 e. The molecule has 1 saturated heterocycles. The summed E-state index contributed by atoms with van der Waals surface area (Å²) in [5, 5.41) is 0. The van der Waals surface area contributed by atoms with E-state index >= 15 is 0 Å². The molecule has 0 aliphatic carbocycles. The van der Waals surface area contributed by atoms with Gasteiger partial charge in [-0.1, -0.05) is 12.1 Å². The summed E-state index contributed by atoms with van der Waals surface area (Å²) in [6.07, 6.45) is 0. The van der Waals surface area contributed by atoms with Crippen molar-refractivity contribution in [2.75, 3.05) is 37.4 Å². The number of anilines is 2. The van der Waals surface area contributed by atoms with E-state index in [2.05, 4.69) is 0 Å². The van der Waals surface area contributed by atoms with Gasteiger partial charge in [0.1, 0.15) is 0 Å². The molecule has 1 fully saturated rings. The molecule has 0 bridgehead atoms. The van der Waals surface area contributed by atoms with Gasteiger partial charge in [0, 0.05) is 19.6 Å². The lowest BCUT2D eigenvalue weighted by Crippen LogP contribution is -2.42. The van der Waals surface area contributed by atoms with Crippen LogP contribution in [-0.2, 0) is 9.53 Å². The van der Waals surface area contributed by atoms with Crippen LogP contribution in [0.15, 0.2) is 24.3 Å². The highest BCUT2D eigenvalue weighted by Crippen LogP contribution is 2.28. The van der Waals surface area contributed by atoms with Crippen molar-refractivity contribution in [3.05, 3.63) is 24.3 Å². The molecule has 0 aromatic heterocycles. The van der Waals surface area contributed by atoms with Crippen LogP contribution >= 0.6 is 0 Å². The van der Waals surface area contributed by atoms with Crippen LogP contribution < -0.4 is 10.6 Å². The van der Waals surface area contributed by atoms with Crippen LogP contribution in [0.5, 0.6) is 0 Å². The normalized spacial score (nSPS) is 15.5. The smallest absolute Gasteiger partial charge is 0.324 e. The maximum atomic E-state index is 12.5. The minimum atomic E-state index is -0.733. The molecule has 2 N–H and O–H groups in total. The summed E-state index contributed by atoms with van der Waals surface area (Å²) < 4.78 is 4.78. The molecule has 6 nitrogen and oxygen atoms in total. The van der Waals surface area contributed by atoms with E-state index in [1.54, 1.807) is 29.7 Å². The lowest BCUT2D eigenvalue weighted by atomic mass is 9.93. The van der Waals surface area contributed by atoms with Crippen molar-refractivity contribution in [2.24, 2.45) is 5.41 Å². The third-order valence-corrected chi connectivity index (χ3v) is 3.65. The predicted octanol–water partition coefficient (Wildman–Crippen LogP) is 1.71. The van der Waals surface area contributed by atoms with Gasteiger partial charge in [0.05, 0.1) is 23.9 Å². The SMILES string of the molecule is COC(=O)C(C)(C)CN1CCN(c2ccccc2N)C1=O. The van der Waals surface area contributed by atoms with E-state index in [0.717, 1.165) is 0 Å². The molecule has 1 aliphatic rings. The van der Waals surface area contributed by atoms with Gasteiger partial charge in [-0.15, -0.1) is 0 Å². The Bertz CT molecular complexity index is 557. The van der Waals surface area contributed by atoms with Gasteiger partial charge in [-0.2, -0.15) is 0 Å². The van der Waals surface area contributed by atoms with Gasteiger partial charge >= 0.3 is 12.0 Å². The zero-order valence-corrected chi connectivity index (χ0v) is 12.6. The Labute approximate surface area is 124 Å². The Hall–Kier alpha value is -2.24. The zero-order chi connectivity index (χ0) is 15.6. The fourth-order valence-corrected chi connectivity index (χ4v) is 2.50. The van der Waals surface area contributed by atoms with Crippen molar-refractivity contribution < 1.29 is 14.3 Å². The Morgan fingerprint density at radius 2 is 2.00 bits per heavy atom. The molecule has 6 heteroatoms. The molecule has 21 heavy (non-hydrogen) atoms. The first kappa shape index (κ1) is 15.2. The highest BCUT2D eigenvalue weighted by atomic mass is 16.5. The van der Waals surface area contributed by atoms with E-state index in [-0.39, 0.29) is 12.0 Å². The van der Waals surface area contributed by atoms with Gasteiger partial charge in [-0.05, 0) is 26.0 Å². The van der Waals surface area contributed by atoms with Crippen LogP contribution in [-0.4, -0.2) is 43.6 Å². The summed E-state index contributed by atoms with van der Waals surface area (Å²) in [6.45, 7) is 4.98. The second kappa shape index (κ2) is 5.63. The summed E-state index contributed by atoms with van der Waals surface area (Å²) in [7, 11) is 1.35. The van der Waals surface area contributed by atoms with Gasteiger partial charge in [0.15, 0.2) is 0 Å². The summed E-state index contributed by atoms with van der Waals surface area (Å²) in [5.41, 5.74) is 6.46. The number of nitrogens with two attached hydrogens (primary N) is 1. The number of nitrogens with zero attached hydrogens (tertiary/aromatic N) is 2. The molecule has 1 aromatic carbocycles. The van der Waals surface area contributed by atoms with Gasteiger partial charge in [0.25, 0.3) is 0 Å². The number of amides is 2. The van der Waals surface area contributed by atoms with E-state index in [9.17, 15) is 9.59 Å². The van der Waals surface area contributed by atoms with Crippen LogP contribution in [0.3, 0.4) is 0 Å². The van der Waals surface area contributed by atoms with Crippen molar-refractivity contribution in [3.8, 4) is 0 Å². The van der Waals surface area contributed by atoms with Gasteiger partial charge in [0.2, 0.25) is 0 Å². The molecule has 0 atom stereocenters. The molecule has 1 aliphatic heterocycles. The molecule has 0 spiro atoms. The third kappa shape index (κ3) is 2.94. The Kier molecular flexibility index (Phi) is 4.06. The second-order valence-corrected chi connectivity index (χ2v) is 5.79. The molecule has 1 heterocycles. The maximum Gasteiger partial charge on any atom is 0.324 e. The molecular weight excluding hydrogens is 270 g/mol. The number of esters is 1. The lowest BCUT2D eigenvalue weighted by molar-refractivity contribution is -0.151. The van der Waals surface area contributed by atoms with E-state index in [1.165, 1.54) is 7.11 Å². The van der Waals surface area contributed by atoms with Crippen LogP contribution in [0.25, 0.3) is 0 Å². The molecular formula is C15H21N3O3. The number of urea groups is 1. The Morgan fingerprint density at radius 1 is 1.33 bits per heavy atom. The summed E-state index contributed by atoms with van der Waals surface area (Å²) in [4.78, 5) is 27.5. The number of carbonyl (C=O) groups is 2. The summed E-state index contributed by atoms with van der Waals surface area (Å²) >= 11 is 0. The minimum Gasteiger partial charge on any atom is -0.469 e. The molecule has 2 rings (SSSR count). The third-order valence-electron chi connectivity index (χ3n) is 3.65. The number of ether oxygens (including phenoxy) is 1. The molecule has 1 aromatic rings. The quantitative estimate of drug-likeness (QED) is 0.677. The van der Waals surface area contributed by atoms with Crippen LogP contribution in [0.4, 0.5) is 16.2 Å². The summed E-state index contributed by atoms with van der Waals surface area (Å²) in [6, 6.07) is 7.13. The second-order valence-electron chi connectivity index (χ2n) is 5.79. The van der Waals surface area contributed by atoms with Crippen molar-refractivity contribution in [1.29, 1.82) is 0 Å². The fraction of sp³-hybridized carbons (Fsp3) is 0.467. The molecule has 0 radical (unpaired) electrons. The summed E-state index contributed by atoms with van der Waals surface area (Å²) in [5.74, 6) is -0.326. The number of rotatable bonds is 4. The lowest BCUT2D eigenvalue weighted by Gasteiger charge is -2.27. The number of methoxy groups -OCH3 is 1. The highest BCUT2D eigenvalue weighted by molar-refractivity contribution is 5.97. The number of para-hydroxylation sites is 2. The van der Waals surface area contributed by atoms with Crippen molar-refractivity contribution in [1.82, 2.24) is 4.90 Å². The van der Waals surface area contributed by atoms with Crippen LogP contribution in [0, 0.1) is 5.41 Å². The maximum absolute atomic E-state index is 12.5. The van der Waals surface area contributed by atoms with Crippen LogP contribution in [0.2, 0.25) is 0 Å². The first-order chi connectivity index (χ1) is 9.86. The Morgan fingerprint density at radius 3 is 2.62 bits per heavy atom. The first-order valence-electron chi connectivity index (χ1n) is 6.86. The first-order valence-corrected chi connectivity index (χ1v) is 6.86. The van der Waals surface area contributed by atoms with Gasteiger partial charge in [-0.3, -0.25) is 9.69 Å². The number of hydrogen-bond acceptors (Lipinski definition) is 4. The molecule has 114 valence electrons. The molecule has 2 amide bonds. The average Bonchev–Trinajstić information content (AvgIpc) is 2.79. The molecule has 0 saturated carbocycles. The number of carbonyl (C=O) groups excluding carboxylic acids is 2. The minimum absolute atomic E-state index is 0.134. The standard InChI is InChI=1S/C15H21N3O3/c1-15(2,13(19)21-3)10-17-8-9-18(14(17)20)12-7-5-4-6-11(12)16/h4-7H,8-10,16H2,1-3H3. The highest BCUT2D eigenvalue weighted by Gasteiger charge is 2.38. The number of hydrogen-bond donors (Lipinski definition) is 1. The topological polar surface area (TPSA) is 75.9 Å². The number of nitrogen functional groups attached to an aromatic ring is 1. The predicted molar refractivity (Wildman–Crippen MR) is 81.0 cm³/mol. The average molecular weight is 291 g/mol. The van der Waals surface area contributed by atoms with E-state index in [0.29, 0.717) is 31.0 Å². The van der Waals surface area contributed by atoms with Crippen molar-refractivity contribution >= 4 is 23.4 Å². The van der Waals surface area contributed by atoms with E-state index < -0.39 is 5.41 Å². The zero-order valence-electron chi connectivity index (χ0n) is 12.6. The van der Waals surface area contributed by atoms with Crippen molar-refractivity contribution in [3.63, 3.8) is 0 Å².